The average Bonchev–Trinajstić information content (AvgIpc) is 2.34. The molecule has 0 fully saturated rings. The van der Waals surface area contributed by atoms with Crippen molar-refractivity contribution in [1.82, 2.24) is 9.55 Å². The molecular weight excluding hydrogens is 234 g/mol. The van der Waals surface area contributed by atoms with Crippen molar-refractivity contribution in [1.29, 1.82) is 0 Å². The molecule has 94 valence electrons. The van der Waals surface area contributed by atoms with Crippen molar-refractivity contribution in [3.8, 4) is 5.75 Å². The number of ether oxygens (including phenoxy) is 1. The van der Waals surface area contributed by atoms with Crippen molar-refractivity contribution < 1.29 is 4.74 Å². The summed E-state index contributed by atoms with van der Waals surface area (Å²) in [5.41, 5.74) is 6.17. The van der Waals surface area contributed by atoms with Crippen molar-refractivity contribution >= 4 is 5.69 Å². The maximum absolute atomic E-state index is 11.6. The quantitative estimate of drug-likeness (QED) is 0.757. The first-order valence-electron chi connectivity index (χ1n) is 5.32. The third-order valence-corrected chi connectivity index (χ3v) is 2.55. The minimum Gasteiger partial charge on any atom is -0.496 e. The summed E-state index contributed by atoms with van der Waals surface area (Å²) in [7, 11) is 1.54. The molecular formula is C12H13N3O3. The van der Waals surface area contributed by atoms with Crippen molar-refractivity contribution in [3.63, 3.8) is 0 Å². The van der Waals surface area contributed by atoms with Crippen LogP contribution >= 0.6 is 0 Å². The van der Waals surface area contributed by atoms with Gasteiger partial charge in [-0.15, -0.1) is 0 Å². The summed E-state index contributed by atoms with van der Waals surface area (Å²) in [5.74, 6) is 0.605. The highest BCUT2D eigenvalue weighted by Crippen LogP contribution is 2.21. The number of benzene rings is 1. The molecule has 18 heavy (non-hydrogen) atoms. The number of nitrogen functional groups attached to an aromatic ring is 1. The summed E-state index contributed by atoms with van der Waals surface area (Å²) in [6.07, 6.45) is 1.44. The smallest absolute Gasteiger partial charge is 0.328 e. The Morgan fingerprint density at radius 2 is 2.11 bits per heavy atom. The van der Waals surface area contributed by atoms with E-state index in [-0.39, 0.29) is 0 Å². The molecule has 0 aliphatic carbocycles. The molecule has 1 aromatic heterocycles. The van der Waals surface area contributed by atoms with Gasteiger partial charge in [-0.05, 0) is 6.07 Å². The van der Waals surface area contributed by atoms with Crippen LogP contribution < -0.4 is 21.7 Å². The summed E-state index contributed by atoms with van der Waals surface area (Å²) < 4.78 is 6.58. The first kappa shape index (κ1) is 12.0. The normalized spacial score (nSPS) is 10.3. The maximum atomic E-state index is 11.6. The van der Waals surface area contributed by atoms with E-state index in [9.17, 15) is 9.59 Å². The monoisotopic (exact) mass is 247 g/mol. The van der Waals surface area contributed by atoms with Gasteiger partial charge >= 0.3 is 5.69 Å². The molecule has 0 saturated heterocycles. The fourth-order valence-electron chi connectivity index (χ4n) is 1.64. The molecule has 2 rings (SSSR count). The van der Waals surface area contributed by atoms with Crippen LogP contribution in [-0.2, 0) is 6.54 Å². The Balaban J connectivity index is 2.39. The predicted molar refractivity (Wildman–Crippen MR) is 67.8 cm³/mol. The molecule has 0 saturated carbocycles. The molecule has 2 aromatic rings. The molecule has 0 unspecified atom stereocenters. The number of anilines is 1. The largest absolute Gasteiger partial charge is 0.496 e. The lowest BCUT2D eigenvalue weighted by Gasteiger charge is -2.10. The lowest BCUT2D eigenvalue weighted by molar-refractivity contribution is 0.408. The molecule has 1 heterocycles. The number of hydrogen-bond donors (Lipinski definition) is 2. The van der Waals surface area contributed by atoms with E-state index in [4.69, 9.17) is 10.5 Å². The molecule has 1 aromatic carbocycles. The lowest BCUT2D eigenvalue weighted by Crippen LogP contribution is -2.28. The number of hydrogen-bond acceptors (Lipinski definition) is 4. The average molecular weight is 247 g/mol. The molecule has 0 spiro atoms. The fourth-order valence-corrected chi connectivity index (χ4v) is 1.64. The van der Waals surface area contributed by atoms with Gasteiger partial charge in [0.05, 0.1) is 13.7 Å². The van der Waals surface area contributed by atoms with E-state index < -0.39 is 11.2 Å². The number of aromatic amines is 1. The fraction of sp³-hybridized carbons (Fsp3) is 0.167. The Hall–Kier alpha value is -2.50. The Morgan fingerprint density at radius 3 is 2.78 bits per heavy atom. The second kappa shape index (κ2) is 4.79. The number of methoxy groups -OCH3 is 1. The highest BCUT2D eigenvalue weighted by molar-refractivity contribution is 5.48. The van der Waals surface area contributed by atoms with E-state index in [1.165, 1.54) is 23.9 Å². The first-order valence-corrected chi connectivity index (χ1v) is 5.32. The molecule has 3 N–H and O–H groups in total. The lowest BCUT2D eigenvalue weighted by atomic mass is 10.2. The van der Waals surface area contributed by atoms with Crippen molar-refractivity contribution in [2.75, 3.05) is 12.8 Å². The zero-order valence-corrected chi connectivity index (χ0v) is 9.84. The standard InChI is InChI=1S/C12H13N3O3/c1-18-10-6-9(13)3-2-8(10)7-15-5-4-11(16)14-12(15)17/h2-6H,7,13H2,1H3,(H,14,16,17). The summed E-state index contributed by atoms with van der Waals surface area (Å²) in [5, 5.41) is 0. The highest BCUT2D eigenvalue weighted by atomic mass is 16.5. The van der Waals surface area contributed by atoms with Gasteiger partial charge in [0.1, 0.15) is 5.75 Å². The summed E-state index contributed by atoms with van der Waals surface area (Å²) in [6, 6.07) is 6.50. The highest BCUT2D eigenvalue weighted by Gasteiger charge is 2.05. The van der Waals surface area contributed by atoms with Crippen molar-refractivity contribution in [2.24, 2.45) is 0 Å². The molecule has 0 aliphatic heterocycles. The maximum Gasteiger partial charge on any atom is 0.328 e. The van der Waals surface area contributed by atoms with Crippen LogP contribution in [-0.4, -0.2) is 16.7 Å². The van der Waals surface area contributed by atoms with E-state index in [1.807, 2.05) is 0 Å². The molecule has 6 nitrogen and oxygen atoms in total. The van der Waals surface area contributed by atoms with E-state index >= 15 is 0 Å². The molecule has 6 heteroatoms. The SMILES string of the molecule is COc1cc(N)ccc1Cn1ccc(=O)[nH]c1=O. The Bertz CT molecular complexity index is 673. The third kappa shape index (κ3) is 2.42. The van der Waals surface area contributed by atoms with Gasteiger partial charge < -0.3 is 10.5 Å². The van der Waals surface area contributed by atoms with E-state index in [0.717, 1.165) is 5.56 Å². The zero-order chi connectivity index (χ0) is 13.1. The van der Waals surface area contributed by atoms with E-state index in [2.05, 4.69) is 4.98 Å². The van der Waals surface area contributed by atoms with Crippen molar-refractivity contribution in [3.05, 3.63) is 56.9 Å². The molecule has 0 amide bonds. The van der Waals surface area contributed by atoms with Crippen LogP contribution in [0.25, 0.3) is 0 Å². The van der Waals surface area contributed by atoms with Crippen LogP contribution in [0.4, 0.5) is 5.69 Å². The minimum atomic E-state index is -0.457. The van der Waals surface area contributed by atoms with Crippen LogP contribution in [0.5, 0.6) is 5.75 Å². The van der Waals surface area contributed by atoms with Gasteiger partial charge in [-0.1, -0.05) is 6.07 Å². The van der Waals surface area contributed by atoms with Crippen LogP contribution in [0.1, 0.15) is 5.56 Å². The number of H-pyrrole nitrogens is 1. The van der Waals surface area contributed by atoms with Crippen LogP contribution in [0.2, 0.25) is 0 Å². The van der Waals surface area contributed by atoms with Gasteiger partial charge in [-0.3, -0.25) is 14.3 Å². The van der Waals surface area contributed by atoms with Crippen LogP contribution in [0.15, 0.2) is 40.1 Å². The van der Waals surface area contributed by atoms with Crippen LogP contribution in [0.3, 0.4) is 0 Å². The number of nitrogens with one attached hydrogen (secondary N) is 1. The van der Waals surface area contributed by atoms with Crippen LogP contribution in [0, 0.1) is 0 Å². The van der Waals surface area contributed by atoms with Gasteiger partial charge in [0.2, 0.25) is 0 Å². The molecule has 0 bridgehead atoms. The minimum absolute atomic E-state index is 0.305. The summed E-state index contributed by atoms with van der Waals surface area (Å²) in [4.78, 5) is 24.7. The Kier molecular flexibility index (Phi) is 3.18. The molecule has 0 atom stereocenters. The molecule has 0 aliphatic rings. The number of nitrogens with two attached hydrogens (primary N) is 1. The van der Waals surface area contributed by atoms with Gasteiger partial charge in [0.25, 0.3) is 5.56 Å². The predicted octanol–water partition coefficient (Wildman–Crippen LogP) is 0.176. The van der Waals surface area contributed by atoms with Gasteiger partial charge in [-0.25, -0.2) is 4.79 Å². The number of aromatic nitrogens is 2. The molecule has 0 radical (unpaired) electrons. The third-order valence-electron chi connectivity index (χ3n) is 2.55. The van der Waals surface area contributed by atoms with Gasteiger partial charge in [-0.2, -0.15) is 0 Å². The Labute approximate surface area is 103 Å². The Morgan fingerprint density at radius 1 is 1.33 bits per heavy atom. The zero-order valence-electron chi connectivity index (χ0n) is 9.84. The summed E-state index contributed by atoms with van der Waals surface area (Å²) >= 11 is 0. The van der Waals surface area contributed by atoms with E-state index in [1.54, 1.807) is 18.2 Å². The number of rotatable bonds is 3. The first-order chi connectivity index (χ1) is 8.60. The second-order valence-electron chi connectivity index (χ2n) is 3.81. The topological polar surface area (TPSA) is 90.1 Å². The summed E-state index contributed by atoms with van der Waals surface area (Å²) in [6.45, 7) is 0.305. The second-order valence-corrected chi connectivity index (χ2v) is 3.81. The number of nitrogens with zero attached hydrogens (tertiary/aromatic N) is 1. The van der Waals surface area contributed by atoms with Gasteiger partial charge in [0.15, 0.2) is 0 Å². The van der Waals surface area contributed by atoms with Gasteiger partial charge in [0, 0.05) is 29.6 Å². The van der Waals surface area contributed by atoms with E-state index in [0.29, 0.717) is 18.0 Å². The van der Waals surface area contributed by atoms with Crippen molar-refractivity contribution in [2.45, 2.75) is 6.54 Å².